The lowest BCUT2D eigenvalue weighted by Crippen LogP contribution is -2.14. The number of thioether (sulfide) groups is 1. The van der Waals surface area contributed by atoms with Gasteiger partial charge in [-0.05, 0) is 6.42 Å². The SMILES string of the molecule is CCc1nnc(NC(=O)CSc2nccn2C)s1. The van der Waals surface area contributed by atoms with Crippen molar-refractivity contribution in [1.29, 1.82) is 0 Å². The van der Waals surface area contributed by atoms with Crippen molar-refractivity contribution in [2.24, 2.45) is 7.05 Å². The summed E-state index contributed by atoms with van der Waals surface area (Å²) in [5.74, 6) is 0.216. The van der Waals surface area contributed by atoms with Gasteiger partial charge in [-0.3, -0.25) is 10.1 Å². The fraction of sp³-hybridized carbons (Fsp3) is 0.400. The van der Waals surface area contributed by atoms with Crippen LogP contribution in [0.3, 0.4) is 0 Å². The number of carbonyl (C=O) groups is 1. The Hall–Kier alpha value is -1.41. The van der Waals surface area contributed by atoms with E-state index in [1.165, 1.54) is 23.1 Å². The number of anilines is 1. The highest BCUT2D eigenvalue weighted by molar-refractivity contribution is 7.99. The molecule has 2 heterocycles. The standard InChI is InChI=1S/C10H13N5OS2/c1-3-8-13-14-9(18-8)12-7(16)6-17-10-11-4-5-15(10)2/h4-5H,3,6H2,1-2H3,(H,12,14,16). The average molecular weight is 283 g/mol. The van der Waals surface area contributed by atoms with Crippen LogP contribution in [0.15, 0.2) is 17.6 Å². The van der Waals surface area contributed by atoms with Crippen LogP contribution in [0.2, 0.25) is 0 Å². The van der Waals surface area contributed by atoms with E-state index in [0.29, 0.717) is 10.9 Å². The van der Waals surface area contributed by atoms with E-state index in [4.69, 9.17) is 0 Å². The topological polar surface area (TPSA) is 72.7 Å². The van der Waals surface area contributed by atoms with Crippen molar-refractivity contribution < 1.29 is 4.79 Å². The average Bonchev–Trinajstić information content (AvgIpc) is 2.96. The number of hydrogen-bond acceptors (Lipinski definition) is 6. The molecule has 0 aliphatic carbocycles. The van der Waals surface area contributed by atoms with E-state index in [0.717, 1.165) is 16.6 Å². The van der Waals surface area contributed by atoms with Crippen LogP contribution in [-0.2, 0) is 18.3 Å². The molecule has 2 aromatic rings. The maximum atomic E-state index is 11.7. The van der Waals surface area contributed by atoms with Gasteiger partial charge in [0.1, 0.15) is 5.01 Å². The number of nitrogens with one attached hydrogen (secondary N) is 1. The maximum absolute atomic E-state index is 11.7. The van der Waals surface area contributed by atoms with E-state index in [9.17, 15) is 4.79 Å². The van der Waals surface area contributed by atoms with Crippen molar-refractivity contribution >= 4 is 34.1 Å². The second kappa shape index (κ2) is 5.96. The number of hydrogen-bond donors (Lipinski definition) is 1. The third-order valence-electron chi connectivity index (χ3n) is 2.12. The highest BCUT2D eigenvalue weighted by Crippen LogP contribution is 2.17. The Balaban J connectivity index is 1.84. The van der Waals surface area contributed by atoms with Gasteiger partial charge in [0.25, 0.3) is 0 Å². The fourth-order valence-corrected chi connectivity index (χ4v) is 2.65. The van der Waals surface area contributed by atoms with Crippen LogP contribution in [-0.4, -0.2) is 31.4 Å². The first-order chi connectivity index (χ1) is 8.69. The minimum absolute atomic E-state index is 0.0956. The van der Waals surface area contributed by atoms with Crippen molar-refractivity contribution in [2.75, 3.05) is 11.1 Å². The van der Waals surface area contributed by atoms with Crippen molar-refractivity contribution in [1.82, 2.24) is 19.7 Å². The molecule has 18 heavy (non-hydrogen) atoms. The lowest BCUT2D eigenvalue weighted by Gasteiger charge is -2.01. The Bertz CT molecular complexity index is 536. The second-order valence-corrected chi connectivity index (χ2v) is 5.52. The van der Waals surface area contributed by atoms with Gasteiger partial charge in [0, 0.05) is 19.4 Å². The number of imidazole rings is 1. The molecule has 1 amide bonds. The summed E-state index contributed by atoms with van der Waals surface area (Å²) in [6.07, 6.45) is 4.38. The molecule has 0 radical (unpaired) electrons. The number of amides is 1. The number of aryl methyl sites for hydroxylation is 2. The minimum atomic E-state index is -0.0956. The second-order valence-electron chi connectivity index (χ2n) is 3.51. The summed E-state index contributed by atoms with van der Waals surface area (Å²) in [5.41, 5.74) is 0. The molecule has 2 rings (SSSR count). The summed E-state index contributed by atoms with van der Waals surface area (Å²) in [6, 6.07) is 0. The van der Waals surface area contributed by atoms with Crippen LogP contribution < -0.4 is 5.32 Å². The van der Waals surface area contributed by atoms with Gasteiger partial charge in [-0.1, -0.05) is 30.0 Å². The van der Waals surface area contributed by atoms with Gasteiger partial charge in [0.15, 0.2) is 5.16 Å². The van der Waals surface area contributed by atoms with Crippen LogP contribution in [0.1, 0.15) is 11.9 Å². The highest BCUT2D eigenvalue weighted by atomic mass is 32.2. The van der Waals surface area contributed by atoms with Gasteiger partial charge in [-0.2, -0.15) is 0 Å². The van der Waals surface area contributed by atoms with E-state index in [1.807, 2.05) is 24.7 Å². The molecule has 0 saturated heterocycles. The summed E-state index contributed by atoms with van der Waals surface area (Å²) < 4.78 is 1.87. The zero-order chi connectivity index (χ0) is 13.0. The predicted octanol–water partition coefficient (Wildman–Crippen LogP) is 1.56. The first-order valence-corrected chi connectivity index (χ1v) is 7.21. The van der Waals surface area contributed by atoms with E-state index in [2.05, 4.69) is 20.5 Å². The Labute approximate surface area is 113 Å². The van der Waals surface area contributed by atoms with Crippen molar-refractivity contribution in [3.63, 3.8) is 0 Å². The minimum Gasteiger partial charge on any atom is -0.329 e. The number of rotatable bonds is 5. The fourth-order valence-electron chi connectivity index (χ4n) is 1.22. The quantitative estimate of drug-likeness (QED) is 0.843. The number of nitrogens with zero attached hydrogens (tertiary/aromatic N) is 4. The summed E-state index contributed by atoms with van der Waals surface area (Å²) >= 11 is 2.79. The first-order valence-electron chi connectivity index (χ1n) is 5.41. The molecule has 2 aromatic heterocycles. The van der Waals surface area contributed by atoms with E-state index in [-0.39, 0.29) is 5.91 Å². The van der Waals surface area contributed by atoms with Gasteiger partial charge < -0.3 is 4.57 Å². The van der Waals surface area contributed by atoms with E-state index < -0.39 is 0 Å². The summed E-state index contributed by atoms with van der Waals surface area (Å²) in [6.45, 7) is 2.00. The smallest absolute Gasteiger partial charge is 0.236 e. The molecule has 0 saturated carbocycles. The Morgan fingerprint density at radius 3 is 3.00 bits per heavy atom. The van der Waals surface area contributed by atoms with Gasteiger partial charge in [0.05, 0.1) is 5.75 Å². The van der Waals surface area contributed by atoms with Crippen LogP contribution >= 0.6 is 23.1 Å². The van der Waals surface area contributed by atoms with Crippen molar-refractivity contribution in [3.05, 3.63) is 17.4 Å². The van der Waals surface area contributed by atoms with Crippen LogP contribution in [0, 0.1) is 0 Å². The van der Waals surface area contributed by atoms with Crippen molar-refractivity contribution in [3.8, 4) is 0 Å². The first kappa shape index (κ1) is 13.0. The van der Waals surface area contributed by atoms with Crippen LogP contribution in [0.25, 0.3) is 0 Å². The maximum Gasteiger partial charge on any atom is 0.236 e. The summed E-state index contributed by atoms with van der Waals surface area (Å²) in [7, 11) is 1.89. The molecule has 0 spiro atoms. The molecular weight excluding hydrogens is 270 g/mol. The monoisotopic (exact) mass is 283 g/mol. The molecule has 0 fully saturated rings. The largest absolute Gasteiger partial charge is 0.329 e. The molecule has 0 aliphatic rings. The lowest BCUT2D eigenvalue weighted by molar-refractivity contribution is -0.113. The van der Waals surface area contributed by atoms with Crippen LogP contribution in [0.4, 0.5) is 5.13 Å². The zero-order valence-corrected chi connectivity index (χ0v) is 11.7. The summed E-state index contributed by atoms with van der Waals surface area (Å²) in [4.78, 5) is 15.8. The number of carbonyl (C=O) groups excluding carboxylic acids is 1. The molecular formula is C10H13N5OS2. The van der Waals surface area contributed by atoms with E-state index in [1.54, 1.807) is 6.20 Å². The third kappa shape index (κ3) is 3.30. The Morgan fingerprint density at radius 2 is 2.39 bits per heavy atom. The molecule has 0 atom stereocenters. The summed E-state index contributed by atoms with van der Waals surface area (Å²) in [5, 5.41) is 12.9. The normalized spacial score (nSPS) is 10.6. The number of aromatic nitrogens is 4. The van der Waals surface area contributed by atoms with Crippen LogP contribution in [0.5, 0.6) is 0 Å². The molecule has 0 aromatic carbocycles. The van der Waals surface area contributed by atoms with Gasteiger partial charge >= 0.3 is 0 Å². The Morgan fingerprint density at radius 1 is 1.56 bits per heavy atom. The predicted molar refractivity (Wildman–Crippen MR) is 71.8 cm³/mol. The molecule has 0 bridgehead atoms. The highest BCUT2D eigenvalue weighted by Gasteiger charge is 2.09. The molecule has 96 valence electrons. The molecule has 6 nitrogen and oxygen atoms in total. The zero-order valence-electron chi connectivity index (χ0n) is 10.1. The van der Waals surface area contributed by atoms with Gasteiger partial charge in [-0.25, -0.2) is 4.98 Å². The van der Waals surface area contributed by atoms with Gasteiger partial charge in [-0.15, -0.1) is 10.2 Å². The van der Waals surface area contributed by atoms with Crippen molar-refractivity contribution in [2.45, 2.75) is 18.5 Å². The third-order valence-corrected chi connectivity index (χ3v) is 4.17. The van der Waals surface area contributed by atoms with Gasteiger partial charge in [0.2, 0.25) is 11.0 Å². The molecule has 0 unspecified atom stereocenters. The molecule has 0 aliphatic heterocycles. The van der Waals surface area contributed by atoms with E-state index >= 15 is 0 Å². The Kier molecular flexibility index (Phi) is 4.32. The molecule has 8 heteroatoms. The molecule has 1 N–H and O–H groups in total. The lowest BCUT2D eigenvalue weighted by atomic mass is 10.5.